The molecule has 2 rings (SSSR count). The van der Waals surface area contributed by atoms with E-state index in [1.165, 1.54) is 17.0 Å². The minimum atomic E-state index is -0.312. The Bertz CT molecular complexity index is 646. The van der Waals surface area contributed by atoms with Crippen molar-refractivity contribution in [2.24, 2.45) is 0 Å². The Morgan fingerprint density at radius 1 is 1.30 bits per heavy atom. The van der Waals surface area contributed by atoms with Gasteiger partial charge in [-0.25, -0.2) is 4.39 Å². The first-order valence-corrected chi connectivity index (χ1v) is 6.82. The number of nitrogen functional groups attached to an aromatic ring is 1. The van der Waals surface area contributed by atoms with Gasteiger partial charge in [-0.05, 0) is 45.8 Å². The van der Waals surface area contributed by atoms with Gasteiger partial charge in [-0.15, -0.1) is 0 Å². The van der Waals surface area contributed by atoms with Gasteiger partial charge < -0.3 is 10.6 Å². The van der Waals surface area contributed by atoms with E-state index in [4.69, 9.17) is 5.73 Å². The molecule has 0 radical (unpaired) electrons. The molecule has 2 aromatic carbocycles. The van der Waals surface area contributed by atoms with Crippen LogP contribution in [0.4, 0.5) is 10.1 Å². The number of amides is 1. The van der Waals surface area contributed by atoms with Crippen molar-refractivity contribution in [1.29, 1.82) is 0 Å². The summed E-state index contributed by atoms with van der Waals surface area (Å²) in [5, 5.41) is 0. The number of nitrogens with zero attached hydrogens (tertiary/aromatic N) is 1. The minimum absolute atomic E-state index is 0.173. The zero-order valence-corrected chi connectivity index (χ0v) is 12.5. The smallest absolute Gasteiger partial charge is 0.255 e. The van der Waals surface area contributed by atoms with Crippen molar-refractivity contribution in [3.63, 3.8) is 0 Å². The summed E-state index contributed by atoms with van der Waals surface area (Å²) in [6.07, 6.45) is 0. The molecule has 3 nitrogen and oxygen atoms in total. The van der Waals surface area contributed by atoms with Crippen LogP contribution in [0.3, 0.4) is 0 Å². The summed E-state index contributed by atoms with van der Waals surface area (Å²) in [6.45, 7) is 0.331. The summed E-state index contributed by atoms with van der Waals surface area (Å²) >= 11 is 3.31. The highest BCUT2D eigenvalue weighted by Crippen LogP contribution is 2.25. The van der Waals surface area contributed by atoms with Crippen LogP contribution in [-0.2, 0) is 6.54 Å². The second-order valence-corrected chi connectivity index (χ2v) is 5.29. The Labute approximate surface area is 125 Å². The van der Waals surface area contributed by atoms with E-state index in [0.717, 1.165) is 5.56 Å². The monoisotopic (exact) mass is 336 g/mol. The van der Waals surface area contributed by atoms with Crippen LogP contribution >= 0.6 is 15.9 Å². The average Bonchev–Trinajstić information content (AvgIpc) is 2.41. The number of carbonyl (C=O) groups is 1. The molecule has 1 amide bonds. The van der Waals surface area contributed by atoms with Crippen LogP contribution in [0.25, 0.3) is 0 Å². The highest BCUT2D eigenvalue weighted by molar-refractivity contribution is 9.10. The fourth-order valence-electron chi connectivity index (χ4n) is 1.90. The molecule has 0 saturated heterocycles. The summed E-state index contributed by atoms with van der Waals surface area (Å²) in [7, 11) is 1.67. The lowest BCUT2D eigenvalue weighted by molar-refractivity contribution is 0.0784. The zero-order chi connectivity index (χ0) is 14.7. The Kier molecular flexibility index (Phi) is 4.39. The quantitative estimate of drug-likeness (QED) is 0.872. The fraction of sp³-hybridized carbons (Fsp3) is 0.133. The van der Waals surface area contributed by atoms with Gasteiger partial charge in [-0.2, -0.15) is 0 Å². The minimum Gasteiger partial charge on any atom is -0.398 e. The second kappa shape index (κ2) is 6.05. The molecule has 0 unspecified atom stereocenters. The van der Waals surface area contributed by atoms with Gasteiger partial charge in [0.15, 0.2) is 0 Å². The molecule has 0 heterocycles. The zero-order valence-electron chi connectivity index (χ0n) is 10.9. The molecule has 0 aliphatic rings. The SMILES string of the molecule is CN(Cc1cccc(F)c1)C(=O)c1cccc(N)c1Br. The van der Waals surface area contributed by atoms with Gasteiger partial charge in [0, 0.05) is 19.3 Å². The molecule has 0 aliphatic heterocycles. The van der Waals surface area contributed by atoms with Crippen LogP contribution in [0.1, 0.15) is 15.9 Å². The van der Waals surface area contributed by atoms with E-state index in [2.05, 4.69) is 15.9 Å². The summed E-state index contributed by atoms with van der Waals surface area (Å²) in [4.78, 5) is 13.9. The number of halogens is 2. The number of hydrogen-bond acceptors (Lipinski definition) is 2. The van der Waals surface area contributed by atoms with E-state index in [9.17, 15) is 9.18 Å². The molecule has 0 fully saturated rings. The fourth-order valence-corrected chi connectivity index (χ4v) is 2.34. The second-order valence-electron chi connectivity index (χ2n) is 4.50. The Morgan fingerprint density at radius 3 is 2.70 bits per heavy atom. The van der Waals surface area contributed by atoms with Gasteiger partial charge in [-0.1, -0.05) is 18.2 Å². The predicted molar refractivity (Wildman–Crippen MR) is 80.8 cm³/mol. The van der Waals surface area contributed by atoms with Crippen molar-refractivity contribution in [2.45, 2.75) is 6.54 Å². The third kappa shape index (κ3) is 3.17. The topological polar surface area (TPSA) is 46.3 Å². The molecule has 0 aromatic heterocycles. The van der Waals surface area contributed by atoms with Gasteiger partial charge in [0.25, 0.3) is 5.91 Å². The van der Waals surface area contributed by atoms with E-state index < -0.39 is 0 Å². The van der Waals surface area contributed by atoms with E-state index in [-0.39, 0.29) is 11.7 Å². The molecular weight excluding hydrogens is 323 g/mol. The van der Waals surface area contributed by atoms with Crippen molar-refractivity contribution in [3.8, 4) is 0 Å². The van der Waals surface area contributed by atoms with Crippen LogP contribution in [0, 0.1) is 5.82 Å². The molecule has 2 aromatic rings. The van der Waals surface area contributed by atoms with E-state index in [1.807, 2.05) is 0 Å². The third-order valence-electron chi connectivity index (χ3n) is 2.91. The normalized spacial score (nSPS) is 10.3. The number of rotatable bonds is 3. The summed E-state index contributed by atoms with van der Waals surface area (Å²) in [6, 6.07) is 11.3. The lowest BCUT2D eigenvalue weighted by Gasteiger charge is -2.18. The first-order valence-electron chi connectivity index (χ1n) is 6.03. The molecule has 0 aliphatic carbocycles. The molecule has 0 bridgehead atoms. The van der Waals surface area contributed by atoms with Crippen molar-refractivity contribution >= 4 is 27.5 Å². The molecule has 104 valence electrons. The maximum absolute atomic E-state index is 13.1. The van der Waals surface area contributed by atoms with Crippen LogP contribution in [-0.4, -0.2) is 17.9 Å². The van der Waals surface area contributed by atoms with Gasteiger partial charge >= 0.3 is 0 Å². The number of carbonyl (C=O) groups excluding carboxylic acids is 1. The van der Waals surface area contributed by atoms with Crippen molar-refractivity contribution in [3.05, 3.63) is 63.9 Å². The van der Waals surface area contributed by atoms with E-state index in [0.29, 0.717) is 22.3 Å². The van der Waals surface area contributed by atoms with E-state index in [1.54, 1.807) is 37.4 Å². The summed E-state index contributed by atoms with van der Waals surface area (Å²) in [5.74, 6) is -0.484. The first kappa shape index (κ1) is 14.5. The molecule has 0 spiro atoms. The van der Waals surface area contributed by atoms with Crippen molar-refractivity contribution in [2.75, 3.05) is 12.8 Å². The number of benzene rings is 2. The lowest BCUT2D eigenvalue weighted by Crippen LogP contribution is -2.26. The average molecular weight is 337 g/mol. The molecule has 0 atom stereocenters. The maximum atomic E-state index is 13.1. The Hall–Kier alpha value is -1.88. The van der Waals surface area contributed by atoms with Crippen molar-refractivity contribution in [1.82, 2.24) is 4.90 Å². The molecule has 0 saturated carbocycles. The van der Waals surface area contributed by atoms with Crippen molar-refractivity contribution < 1.29 is 9.18 Å². The maximum Gasteiger partial charge on any atom is 0.255 e. The van der Waals surface area contributed by atoms with Gasteiger partial charge in [0.05, 0.1) is 10.0 Å². The number of hydrogen-bond donors (Lipinski definition) is 1. The Morgan fingerprint density at radius 2 is 2.00 bits per heavy atom. The highest BCUT2D eigenvalue weighted by Gasteiger charge is 2.16. The number of anilines is 1. The third-order valence-corrected chi connectivity index (χ3v) is 3.80. The summed E-state index contributed by atoms with van der Waals surface area (Å²) < 4.78 is 13.7. The lowest BCUT2D eigenvalue weighted by atomic mass is 10.1. The Balaban J connectivity index is 2.19. The highest BCUT2D eigenvalue weighted by atomic mass is 79.9. The molecule has 20 heavy (non-hydrogen) atoms. The largest absolute Gasteiger partial charge is 0.398 e. The van der Waals surface area contributed by atoms with Gasteiger partial charge in [0.1, 0.15) is 5.82 Å². The van der Waals surface area contributed by atoms with Crippen LogP contribution in [0.2, 0.25) is 0 Å². The van der Waals surface area contributed by atoms with E-state index >= 15 is 0 Å². The predicted octanol–water partition coefficient (Wildman–Crippen LogP) is 3.44. The van der Waals surface area contributed by atoms with Crippen LogP contribution in [0.15, 0.2) is 46.9 Å². The molecular formula is C15H14BrFN2O. The molecule has 2 N–H and O–H groups in total. The van der Waals surface area contributed by atoms with Gasteiger partial charge in [-0.3, -0.25) is 4.79 Å². The van der Waals surface area contributed by atoms with Crippen LogP contribution < -0.4 is 5.73 Å². The first-order chi connectivity index (χ1) is 9.49. The van der Waals surface area contributed by atoms with Gasteiger partial charge in [0.2, 0.25) is 0 Å². The standard InChI is InChI=1S/C15H14BrFN2O/c1-19(9-10-4-2-5-11(17)8-10)15(20)12-6-3-7-13(18)14(12)16/h2-8H,9,18H2,1H3. The van der Waals surface area contributed by atoms with Crippen LogP contribution in [0.5, 0.6) is 0 Å². The molecule has 5 heteroatoms. The number of nitrogens with two attached hydrogens (primary N) is 1. The summed E-state index contributed by atoms with van der Waals surface area (Å²) in [5.41, 5.74) is 7.50.